The van der Waals surface area contributed by atoms with Crippen molar-refractivity contribution in [2.24, 2.45) is 5.73 Å². The van der Waals surface area contributed by atoms with Crippen molar-refractivity contribution in [1.29, 1.82) is 0 Å². The summed E-state index contributed by atoms with van der Waals surface area (Å²) in [5.41, 5.74) is 7.61. The Morgan fingerprint density at radius 3 is 2.38 bits per heavy atom. The van der Waals surface area contributed by atoms with Gasteiger partial charge in [0.25, 0.3) is 0 Å². The predicted molar refractivity (Wildman–Crippen MR) is 86.4 cm³/mol. The van der Waals surface area contributed by atoms with E-state index in [2.05, 4.69) is 0 Å². The van der Waals surface area contributed by atoms with Crippen LogP contribution in [0.25, 0.3) is 0 Å². The largest absolute Gasteiger partial charge is 0.497 e. The van der Waals surface area contributed by atoms with Crippen molar-refractivity contribution < 1.29 is 9.47 Å². The molecule has 2 N–H and O–H groups in total. The zero-order chi connectivity index (χ0) is 15.4. The predicted octanol–water partition coefficient (Wildman–Crippen LogP) is 4.60. The lowest BCUT2D eigenvalue weighted by molar-refractivity contribution is 0.299. The van der Waals surface area contributed by atoms with E-state index < -0.39 is 0 Å². The molecule has 0 bridgehead atoms. The molecule has 0 amide bonds. The fourth-order valence-electron chi connectivity index (χ4n) is 1.96. The number of hydrogen-bond acceptors (Lipinski definition) is 3. The molecular formula is C16H17Cl2NO2. The van der Waals surface area contributed by atoms with Crippen LogP contribution in [0.3, 0.4) is 0 Å². The molecule has 0 aliphatic carbocycles. The SMILES string of the molecule is COc1ccc([C@H](C)N)c(OCc2c(Cl)cccc2Cl)c1. The van der Waals surface area contributed by atoms with E-state index in [-0.39, 0.29) is 12.6 Å². The van der Waals surface area contributed by atoms with Gasteiger partial charge < -0.3 is 15.2 Å². The molecular weight excluding hydrogens is 309 g/mol. The number of hydrogen-bond donors (Lipinski definition) is 1. The Labute approximate surface area is 134 Å². The van der Waals surface area contributed by atoms with Crippen molar-refractivity contribution in [1.82, 2.24) is 0 Å². The van der Waals surface area contributed by atoms with E-state index in [0.29, 0.717) is 21.5 Å². The van der Waals surface area contributed by atoms with Crippen molar-refractivity contribution in [2.45, 2.75) is 19.6 Å². The third-order valence-corrected chi connectivity index (χ3v) is 3.85. The molecule has 3 nitrogen and oxygen atoms in total. The van der Waals surface area contributed by atoms with E-state index in [1.165, 1.54) is 0 Å². The van der Waals surface area contributed by atoms with Gasteiger partial charge in [0.05, 0.1) is 7.11 Å². The van der Waals surface area contributed by atoms with Crippen LogP contribution in [0.1, 0.15) is 24.1 Å². The molecule has 0 fully saturated rings. The van der Waals surface area contributed by atoms with Crippen LogP contribution in [0, 0.1) is 0 Å². The Morgan fingerprint density at radius 2 is 1.81 bits per heavy atom. The first-order valence-corrected chi connectivity index (χ1v) is 7.27. The summed E-state index contributed by atoms with van der Waals surface area (Å²) in [6.45, 7) is 2.17. The molecule has 0 aliphatic heterocycles. The van der Waals surface area contributed by atoms with Crippen LogP contribution in [0.5, 0.6) is 11.5 Å². The third kappa shape index (κ3) is 3.82. The van der Waals surface area contributed by atoms with Gasteiger partial charge in [0.1, 0.15) is 18.1 Å². The summed E-state index contributed by atoms with van der Waals surface area (Å²) in [4.78, 5) is 0. The average Bonchev–Trinajstić information content (AvgIpc) is 2.46. The van der Waals surface area contributed by atoms with E-state index in [4.69, 9.17) is 38.4 Å². The number of nitrogens with two attached hydrogens (primary N) is 1. The quantitative estimate of drug-likeness (QED) is 0.873. The summed E-state index contributed by atoms with van der Waals surface area (Å²) in [5, 5.41) is 1.15. The molecule has 112 valence electrons. The summed E-state index contributed by atoms with van der Waals surface area (Å²) in [6, 6.07) is 10.8. The second-order valence-corrected chi connectivity index (χ2v) is 5.50. The van der Waals surface area contributed by atoms with Gasteiger partial charge in [-0.3, -0.25) is 0 Å². The summed E-state index contributed by atoms with van der Waals surface area (Å²) in [5.74, 6) is 1.37. The molecule has 0 spiro atoms. The number of methoxy groups -OCH3 is 1. The van der Waals surface area contributed by atoms with Gasteiger partial charge in [-0.05, 0) is 25.1 Å². The molecule has 1 atom stereocenters. The molecule has 0 aromatic heterocycles. The van der Waals surface area contributed by atoms with Crippen LogP contribution < -0.4 is 15.2 Å². The van der Waals surface area contributed by atoms with Crippen LogP contribution in [-0.4, -0.2) is 7.11 Å². The van der Waals surface area contributed by atoms with Gasteiger partial charge in [-0.25, -0.2) is 0 Å². The lowest BCUT2D eigenvalue weighted by Gasteiger charge is -2.16. The molecule has 2 aromatic rings. The topological polar surface area (TPSA) is 44.5 Å². The van der Waals surface area contributed by atoms with E-state index in [9.17, 15) is 0 Å². The van der Waals surface area contributed by atoms with E-state index in [0.717, 1.165) is 11.1 Å². The second-order valence-electron chi connectivity index (χ2n) is 4.68. The first-order chi connectivity index (χ1) is 10.0. The highest BCUT2D eigenvalue weighted by atomic mass is 35.5. The molecule has 5 heteroatoms. The summed E-state index contributed by atoms with van der Waals surface area (Å²) >= 11 is 12.3. The van der Waals surface area contributed by atoms with Gasteiger partial charge in [0.15, 0.2) is 0 Å². The van der Waals surface area contributed by atoms with Crippen LogP contribution in [0.4, 0.5) is 0 Å². The number of halogens is 2. The molecule has 0 unspecified atom stereocenters. The van der Waals surface area contributed by atoms with Crippen molar-refractivity contribution in [3.05, 3.63) is 57.6 Å². The van der Waals surface area contributed by atoms with E-state index in [1.807, 2.05) is 25.1 Å². The van der Waals surface area contributed by atoms with Crippen LogP contribution in [0.2, 0.25) is 10.0 Å². The zero-order valence-corrected chi connectivity index (χ0v) is 13.4. The number of rotatable bonds is 5. The molecule has 0 aliphatic rings. The summed E-state index contributed by atoms with van der Waals surface area (Å²) in [6.07, 6.45) is 0. The molecule has 0 saturated heterocycles. The van der Waals surface area contributed by atoms with Gasteiger partial charge in [0, 0.05) is 33.3 Å². The molecule has 0 radical (unpaired) electrons. The summed E-state index contributed by atoms with van der Waals surface area (Å²) in [7, 11) is 1.61. The Hall–Kier alpha value is -1.42. The zero-order valence-electron chi connectivity index (χ0n) is 11.9. The monoisotopic (exact) mass is 325 g/mol. The van der Waals surface area contributed by atoms with E-state index in [1.54, 1.807) is 25.3 Å². The van der Waals surface area contributed by atoms with Gasteiger partial charge in [-0.1, -0.05) is 35.3 Å². The lowest BCUT2D eigenvalue weighted by Crippen LogP contribution is -2.08. The molecule has 0 heterocycles. The van der Waals surface area contributed by atoms with Gasteiger partial charge in [0.2, 0.25) is 0 Å². The smallest absolute Gasteiger partial charge is 0.128 e. The van der Waals surface area contributed by atoms with Crippen molar-refractivity contribution in [2.75, 3.05) is 7.11 Å². The van der Waals surface area contributed by atoms with Crippen LogP contribution in [0.15, 0.2) is 36.4 Å². The standard InChI is InChI=1S/C16H17Cl2NO2/c1-10(19)12-7-6-11(20-2)8-16(12)21-9-13-14(17)4-3-5-15(13)18/h3-8,10H,9,19H2,1-2H3/t10-/m0/s1. The highest BCUT2D eigenvalue weighted by Gasteiger charge is 2.12. The fourth-order valence-corrected chi connectivity index (χ4v) is 2.47. The first-order valence-electron chi connectivity index (χ1n) is 6.52. The highest BCUT2D eigenvalue weighted by Crippen LogP contribution is 2.31. The van der Waals surface area contributed by atoms with Crippen molar-refractivity contribution >= 4 is 23.2 Å². The average molecular weight is 326 g/mol. The maximum Gasteiger partial charge on any atom is 0.128 e. The first kappa shape index (κ1) is 16.0. The Morgan fingerprint density at radius 1 is 1.14 bits per heavy atom. The minimum atomic E-state index is -0.146. The van der Waals surface area contributed by atoms with Gasteiger partial charge in [-0.2, -0.15) is 0 Å². The Kier molecular flexibility index (Phi) is 5.34. The molecule has 21 heavy (non-hydrogen) atoms. The molecule has 0 saturated carbocycles. The Bertz CT molecular complexity index is 609. The minimum absolute atomic E-state index is 0.146. The van der Waals surface area contributed by atoms with Gasteiger partial charge in [-0.15, -0.1) is 0 Å². The minimum Gasteiger partial charge on any atom is -0.497 e. The number of benzene rings is 2. The van der Waals surface area contributed by atoms with Crippen molar-refractivity contribution in [3.8, 4) is 11.5 Å². The molecule has 2 aromatic carbocycles. The number of ether oxygens (including phenoxy) is 2. The maximum atomic E-state index is 6.14. The Balaban J connectivity index is 2.26. The third-order valence-electron chi connectivity index (χ3n) is 3.14. The second kappa shape index (κ2) is 7.03. The van der Waals surface area contributed by atoms with E-state index >= 15 is 0 Å². The maximum absolute atomic E-state index is 6.14. The normalized spacial score (nSPS) is 12.0. The van der Waals surface area contributed by atoms with Crippen LogP contribution in [-0.2, 0) is 6.61 Å². The van der Waals surface area contributed by atoms with Crippen molar-refractivity contribution in [3.63, 3.8) is 0 Å². The summed E-state index contributed by atoms with van der Waals surface area (Å²) < 4.78 is 11.1. The molecule has 2 rings (SSSR count). The lowest BCUT2D eigenvalue weighted by atomic mass is 10.1. The van der Waals surface area contributed by atoms with Gasteiger partial charge >= 0.3 is 0 Å². The highest BCUT2D eigenvalue weighted by molar-refractivity contribution is 6.35. The fraction of sp³-hybridized carbons (Fsp3) is 0.250. The van der Waals surface area contributed by atoms with Crippen LogP contribution >= 0.6 is 23.2 Å².